The molecule has 0 unspecified atom stereocenters. The lowest BCUT2D eigenvalue weighted by Gasteiger charge is -2.15. The van der Waals surface area contributed by atoms with Gasteiger partial charge in [0.1, 0.15) is 5.82 Å². The number of aromatic amines is 1. The number of nitrogens with two attached hydrogens (primary N) is 1. The van der Waals surface area contributed by atoms with Crippen molar-refractivity contribution in [2.75, 3.05) is 5.73 Å². The van der Waals surface area contributed by atoms with Gasteiger partial charge < -0.3 is 5.73 Å². The van der Waals surface area contributed by atoms with Crippen molar-refractivity contribution < 1.29 is 8.78 Å². The van der Waals surface area contributed by atoms with Gasteiger partial charge in [0.15, 0.2) is 0 Å². The van der Waals surface area contributed by atoms with Crippen LogP contribution in [0.4, 0.5) is 14.6 Å². The van der Waals surface area contributed by atoms with Crippen LogP contribution in [-0.4, -0.2) is 10.2 Å². The highest BCUT2D eigenvalue weighted by Crippen LogP contribution is 2.35. The number of halogens is 2. The molecule has 90 valence electrons. The van der Waals surface area contributed by atoms with Crippen LogP contribution in [0.3, 0.4) is 0 Å². The molecule has 5 heteroatoms. The van der Waals surface area contributed by atoms with Crippen LogP contribution in [0.25, 0.3) is 11.3 Å². The number of nitrogens with one attached hydrogen (secondary N) is 1. The molecule has 0 aliphatic carbocycles. The van der Waals surface area contributed by atoms with E-state index in [0.29, 0.717) is 11.3 Å². The first kappa shape index (κ1) is 11.6. The summed E-state index contributed by atoms with van der Waals surface area (Å²) in [5.41, 5.74) is 7.29. The average Bonchev–Trinajstić information content (AvgIpc) is 2.62. The standard InChI is InChI=1S/C12H13F2N3/c1-7-3-4-9(12(2,13)14)8(5-7)10-6-11(15)17-16-10/h3-6H,1-2H3,(H3,15,16,17). The third-order valence-corrected chi connectivity index (χ3v) is 2.54. The fraction of sp³-hybridized carbons (Fsp3) is 0.250. The molecule has 0 fully saturated rings. The van der Waals surface area contributed by atoms with Crippen molar-refractivity contribution >= 4 is 5.82 Å². The fourth-order valence-corrected chi connectivity index (χ4v) is 1.74. The van der Waals surface area contributed by atoms with Gasteiger partial charge in [-0.3, -0.25) is 5.10 Å². The maximum absolute atomic E-state index is 13.5. The van der Waals surface area contributed by atoms with Gasteiger partial charge in [0, 0.05) is 24.1 Å². The van der Waals surface area contributed by atoms with Crippen molar-refractivity contribution in [3.63, 3.8) is 0 Å². The summed E-state index contributed by atoms with van der Waals surface area (Å²) in [6.07, 6.45) is 0. The molecule has 0 aliphatic rings. The van der Waals surface area contributed by atoms with Crippen molar-refractivity contribution in [3.8, 4) is 11.3 Å². The van der Waals surface area contributed by atoms with Gasteiger partial charge in [0.2, 0.25) is 0 Å². The van der Waals surface area contributed by atoms with Crippen LogP contribution in [0.1, 0.15) is 18.1 Å². The summed E-state index contributed by atoms with van der Waals surface area (Å²) in [5.74, 6) is -2.62. The minimum absolute atomic E-state index is 0.0354. The van der Waals surface area contributed by atoms with Crippen molar-refractivity contribution in [1.29, 1.82) is 0 Å². The zero-order chi connectivity index (χ0) is 12.6. The summed E-state index contributed by atoms with van der Waals surface area (Å²) in [6, 6.07) is 6.33. The average molecular weight is 237 g/mol. The van der Waals surface area contributed by atoms with Crippen LogP contribution in [-0.2, 0) is 5.92 Å². The topological polar surface area (TPSA) is 54.7 Å². The lowest BCUT2D eigenvalue weighted by Crippen LogP contribution is -2.09. The van der Waals surface area contributed by atoms with E-state index in [1.165, 1.54) is 6.07 Å². The molecular formula is C12H13F2N3. The third-order valence-electron chi connectivity index (χ3n) is 2.54. The Morgan fingerprint density at radius 1 is 1.29 bits per heavy atom. The second kappa shape index (κ2) is 3.84. The molecule has 3 nitrogen and oxygen atoms in total. The number of anilines is 1. The van der Waals surface area contributed by atoms with E-state index in [-0.39, 0.29) is 11.4 Å². The third kappa shape index (κ3) is 2.27. The molecule has 2 aromatic rings. The van der Waals surface area contributed by atoms with Crippen LogP contribution in [0.5, 0.6) is 0 Å². The molecule has 0 radical (unpaired) electrons. The van der Waals surface area contributed by atoms with E-state index in [2.05, 4.69) is 10.2 Å². The molecule has 2 rings (SSSR count). The Balaban J connectivity index is 2.63. The van der Waals surface area contributed by atoms with Crippen molar-refractivity contribution in [3.05, 3.63) is 35.4 Å². The number of alkyl halides is 2. The monoisotopic (exact) mass is 237 g/mol. The highest BCUT2D eigenvalue weighted by atomic mass is 19.3. The Morgan fingerprint density at radius 2 is 2.00 bits per heavy atom. The lowest BCUT2D eigenvalue weighted by molar-refractivity contribution is 0.0180. The quantitative estimate of drug-likeness (QED) is 0.843. The predicted molar refractivity (Wildman–Crippen MR) is 62.7 cm³/mol. The predicted octanol–water partition coefficient (Wildman–Crippen LogP) is 3.08. The molecule has 0 amide bonds. The lowest BCUT2D eigenvalue weighted by atomic mass is 9.98. The number of nitrogens with zero attached hydrogens (tertiary/aromatic N) is 1. The SMILES string of the molecule is Cc1ccc(C(C)(F)F)c(-c2cc(N)n[nH]2)c1. The molecule has 0 saturated carbocycles. The van der Waals surface area contributed by atoms with E-state index in [9.17, 15) is 8.78 Å². The van der Waals surface area contributed by atoms with Crippen LogP contribution < -0.4 is 5.73 Å². The minimum Gasteiger partial charge on any atom is -0.382 e. The number of nitrogen functional groups attached to an aromatic ring is 1. The van der Waals surface area contributed by atoms with E-state index >= 15 is 0 Å². The van der Waals surface area contributed by atoms with Crippen molar-refractivity contribution in [2.45, 2.75) is 19.8 Å². The first-order valence-corrected chi connectivity index (χ1v) is 5.18. The van der Waals surface area contributed by atoms with E-state index in [1.54, 1.807) is 18.2 Å². The molecule has 0 bridgehead atoms. The number of benzene rings is 1. The van der Waals surface area contributed by atoms with Gasteiger partial charge >= 0.3 is 0 Å². The summed E-state index contributed by atoms with van der Waals surface area (Å²) in [5, 5.41) is 6.41. The first-order chi connectivity index (χ1) is 7.88. The molecule has 0 spiro atoms. The zero-order valence-electron chi connectivity index (χ0n) is 9.59. The molecule has 0 atom stereocenters. The highest BCUT2D eigenvalue weighted by molar-refractivity contribution is 5.67. The fourth-order valence-electron chi connectivity index (χ4n) is 1.74. The Bertz CT molecular complexity index is 541. The second-order valence-corrected chi connectivity index (χ2v) is 4.14. The van der Waals surface area contributed by atoms with Crippen LogP contribution >= 0.6 is 0 Å². The molecule has 1 aromatic carbocycles. The van der Waals surface area contributed by atoms with Gasteiger partial charge in [0.25, 0.3) is 5.92 Å². The van der Waals surface area contributed by atoms with E-state index in [0.717, 1.165) is 12.5 Å². The number of H-pyrrole nitrogens is 1. The smallest absolute Gasteiger partial charge is 0.271 e. The number of hydrogen-bond acceptors (Lipinski definition) is 2. The largest absolute Gasteiger partial charge is 0.382 e. The van der Waals surface area contributed by atoms with Crippen LogP contribution in [0.2, 0.25) is 0 Å². The first-order valence-electron chi connectivity index (χ1n) is 5.18. The van der Waals surface area contributed by atoms with Gasteiger partial charge in [-0.05, 0) is 13.0 Å². The number of aromatic nitrogens is 2. The summed E-state index contributed by atoms with van der Waals surface area (Å²) in [7, 11) is 0. The maximum Gasteiger partial charge on any atom is 0.271 e. The minimum atomic E-state index is -2.90. The number of hydrogen-bond donors (Lipinski definition) is 2. The summed E-state index contributed by atoms with van der Waals surface area (Å²) >= 11 is 0. The van der Waals surface area contributed by atoms with Crippen molar-refractivity contribution in [2.24, 2.45) is 0 Å². The molecule has 1 aromatic heterocycles. The van der Waals surface area contributed by atoms with Crippen LogP contribution in [0, 0.1) is 6.92 Å². The maximum atomic E-state index is 13.5. The number of aryl methyl sites for hydroxylation is 1. The van der Waals surface area contributed by atoms with Gasteiger partial charge in [-0.15, -0.1) is 0 Å². The molecule has 1 heterocycles. The van der Waals surface area contributed by atoms with Gasteiger partial charge in [-0.1, -0.05) is 17.7 Å². The van der Waals surface area contributed by atoms with Gasteiger partial charge in [-0.25, -0.2) is 8.78 Å². The Labute approximate surface area is 97.7 Å². The molecular weight excluding hydrogens is 224 g/mol. The van der Waals surface area contributed by atoms with E-state index in [4.69, 9.17) is 5.73 Å². The van der Waals surface area contributed by atoms with E-state index < -0.39 is 5.92 Å². The molecule has 0 saturated heterocycles. The summed E-state index contributed by atoms with van der Waals surface area (Å²) in [4.78, 5) is 0. The Morgan fingerprint density at radius 3 is 2.53 bits per heavy atom. The summed E-state index contributed by atoms with van der Waals surface area (Å²) in [6.45, 7) is 2.72. The Hall–Kier alpha value is -1.91. The molecule has 17 heavy (non-hydrogen) atoms. The summed E-state index contributed by atoms with van der Waals surface area (Å²) < 4.78 is 26.9. The normalized spacial score (nSPS) is 11.8. The highest BCUT2D eigenvalue weighted by Gasteiger charge is 2.28. The van der Waals surface area contributed by atoms with Gasteiger partial charge in [0.05, 0.1) is 5.69 Å². The zero-order valence-corrected chi connectivity index (χ0v) is 9.59. The number of rotatable bonds is 2. The molecule has 3 N–H and O–H groups in total. The van der Waals surface area contributed by atoms with Crippen molar-refractivity contribution in [1.82, 2.24) is 10.2 Å². The van der Waals surface area contributed by atoms with Crippen LogP contribution in [0.15, 0.2) is 24.3 Å². The van der Waals surface area contributed by atoms with E-state index in [1.807, 2.05) is 6.92 Å². The Kier molecular flexibility index (Phi) is 2.61. The second-order valence-electron chi connectivity index (χ2n) is 4.14. The molecule has 0 aliphatic heterocycles. The van der Waals surface area contributed by atoms with Gasteiger partial charge in [-0.2, -0.15) is 5.10 Å².